The van der Waals surface area contributed by atoms with Crippen molar-refractivity contribution in [2.75, 3.05) is 22.6 Å². The first-order valence-electron chi connectivity index (χ1n) is 8.41. The largest absolute Gasteiger partial charge is 0.446 e. The number of likely N-dealkylation sites (N-methyl/N-ethyl adjacent to an activating group) is 1. The molecule has 9 heteroatoms. The highest BCUT2D eigenvalue weighted by atomic mass is 16.6. The lowest BCUT2D eigenvalue weighted by molar-refractivity contribution is -0.118. The van der Waals surface area contributed by atoms with Crippen molar-refractivity contribution in [2.24, 2.45) is 11.7 Å². The van der Waals surface area contributed by atoms with E-state index in [9.17, 15) is 9.59 Å². The van der Waals surface area contributed by atoms with Gasteiger partial charge < -0.3 is 26.0 Å². The summed E-state index contributed by atoms with van der Waals surface area (Å²) in [5.74, 6) is 1.33. The second-order valence-electron chi connectivity index (χ2n) is 6.99. The molecule has 2 heterocycles. The number of fused-ring (bicyclic) bond motifs is 1. The molecular weight excluding hydrogens is 324 g/mol. The van der Waals surface area contributed by atoms with Crippen molar-refractivity contribution in [3.63, 3.8) is 0 Å². The zero-order chi connectivity index (χ0) is 18.3. The number of anilines is 3. The molecule has 1 aliphatic heterocycles. The van der Waals surface area contributed by atoms with E-state index in [1.54, 1.807) is 0 Å². The molecule has 0 aromatic carbocycles. The lowest BCUT2D eigenvalue weighted by Gasteiger charge is -2.38. The molecule has 2 aliphatic rings. The highest BCUT2D eigenvalue weighted by Crippen LogP contribution is 2.35. The van der Waals surface area contributed by atoms with Gasteiger partial charge in [0.15, 0.2) is 5.82 Å². The van der Waals surface area contributed by atoms with Crippen molar-refractivity contribution >= 4 is 29.5 Å². The monoisotopic (exact) mass is 348 g/mol. The van der Waals surface area contributed by atoms with Crippen LogP contribution in [0.25, 0.3) is 0 Å². The van der Waals surface area contributed by atoms with E-state index in [4.69, 9.17) is 10.5 Å². The van der Waals surface area contributed by atoms with Crippen LogP contribution < -0.4 is 21.3 Å². The van der Waals surface area contributed by atoms with Crippen LogP contribution in [0.1, 0.15) is 32.4 Å². The molecule has 1 atom stereocenters. The van der Waals surface area contributed by atoms with Crippen molar-refractivity contribution in [3.8, 4) is 0 Å². The number of nitrogens with one attached hydrogen (secondary N) is 2. The number of primary amides is 1. The van der Waals surface area contributed by atoms with Gasteiger partial charge in [0, 0.05) is 25.9 Å². The van der Waals surface area contributed by atoms with Crippen molar-refractivity contribution in [2.45, 2.75) is 51.8 Å². The number of aryl methyl sites for hydroxylation is 1. The van der Waals surface area contributed by atoms with E-state index in [1.807, 2.05) is 32.7 Å². The Morgan fingerprint density at radius 1 is 1.40 bits per heavy atom. The third kappa shape index (κ3) is 3.31. The molecule has 9 nitrogen and oxygen atoms in total. The summed E-state index contributed by atoms with van der Waals surface area (Å²) in [6.45, 7) is 5.85. The number of aromatic nitrogens is 2. The zero-order valence-corrected chi connectivity index (χ0v) is 14.9. The van der Waals surface area contributed by atoms with Gasteiger partial charge in [-0.2, -0.15) is 4.98 Å². The van der Waals surface area contributed by atoms with Gasteiger partial charge >= 0.3 is 6.09 Å². The number of hydrogen-bond acceptors (Lipinski definition) is 7. The first-order chi connectivity index (χ1) is 11.8. The van der Waals surface area contributed by atoms with E-state index in [0.29, 0.717) is 36.0 Å². The average molecular weight is 348 g/mol. The Balaban J connectivity index is 1.75. The number of amides is 2. The highest BCUT2D eigenvalue weighted by molar-refractivity contribution is 6.03. The summed E-state index contributed by atoms with van der Waals surface area (Å²) < 4.78 is 4.94. The second kappa shape index (κ2) is 6.38. The summed E-state index contributed by atoms with van der Waals surface area (Å²) in [6.07, 6.45) is 0.440. The number of hydrogen-bond donors (Lipinski definition) is 3. The number of carbonyl (C=O) groups is 2. The molecule has 0 unspecified atom stereocenters. The van der Waals surface area contributed by atoms with Gasteiger partial charge in [0.2, 0.25) is 11.9 Å². The Kier molecular flexibility index (Phi) is 4.40. The van der Waals surface area contributed by atoms with Crippen LogP contribution in [0.3, 0.4) is 0 Å². The standard InChI is InChI=1S/C16H24N6O3/c1-7(2)12-14(23)20-11-8(3)18-16(21-13(11)22(12)4)19-9-5-10(6-9)25-15(17)24/h7,9-10,12H,5-6H2,1-4H3,(H2,17,24)(H,20,23)(H,18,19,21)/t9?,10?,12-/m0/s1. The van der Waals surface area contributed by atoms with Gasteiger partial charge in [-0.15, -0.1) is 0 Å². The molecule has 3 rings (SSSR count). The van der Waals surface area contributed by atoms with Crippen LogP contribution in [-0.4, -0.2) is 47.2 Å². The average Bonchev–Trinajstić information content (AvgIpc) is 2.45. The van der Waals surface area contributed by atoms with E-state index in [2.05, 4.69) is 20.6 Å². The molecule has 0 bridgehead atoms. The summed E-state index contributed by atoms with van der Waals surface area (Å²) in [4.78, 5) is 34.0. The molecule has 0 saturated heterocycles. The topological polar surface area (TPSA) is 122 Å². The minimum absolute atomic E-state index is 0.0390. The third-order valence-electron chi connectivity index (χ3n) is 4.68. The molecule has 1 fully saturated rings. The number of carbonyl (C=O) groups excluding carboxylic acids is 2. The first kappa shape index (κ1) is 17.2. The maximum atomic E-state index is 12.3. The zero-order valence-electron chi connectivity index (χ0n) is 14.9. The van der Waals surface area contributed by atoms with Gasteiger partial charge in [0.05, 0.1) is 5.69 Å². The van der Waals surface area contributed by atoms with Gasteiger partial charge in [-0.05, 0) is 12.8 Å². The van der Waals surface area contributed by atoms with Crippen molar-refractivity contribution in [3.05, 3.63) is 5.69 Å². The van der Waals surface area contributed by atoms with Crippen LogP contribution in [-0.2, 0) is 9.53 Å². The van der Waals surface area contributed by atoms with Crippen LogP contribution in [0.15, 0.2) is 0 Å². The van der Waals surface area contributed by atoms with E-state index in [-0.39, 0.29) is 30.0 Å². The van der Waals surface area contributed by atoms with Gasteiger partial charge in [-0.1, -0.05) is 13.8 Å². The fraction of sp³-hybridized carbons (Fsp3) is 0.625. The maximum absolute atomic E-state index is 12.3. The van der Waals surface area contributed by atoms with E-state index in [0.717, 1.165) is 0 Å². The Bertz CT molecular complexity index is 701. The molecule has 1 saturated carbocycles. The van der Waals surface area contributed by atoms with Crippen LogP contribution in [0.2, 0.25) is 0 Å². The number of nitrogens with zero attached hydrogens (tertiary/aromatic N) is 3. The number of nitrogens with two attached hydrogens (primary N) is 1. The minimum atomic E-state index is -0.749. The summed E-state index contributed by atoms with van der Waals surface area (Å²) in [5.41, 5.74) is 6.37. The summed E-state index contributed by atoms with van der Waals surface area (Å²) >= 11 is 0. The van der Waals surface area contributed by atoms with Gasteiger partial charge in [-0.25, -0.2) is 9.78 Å². The molecule has 25 heavy (non-hydrogen) atoms. The van der Waals surface area contributed by atoms with Crippen LogP contribution in [0.4, 0.5) is 22.2 Å². The molecule has 2 amide bonds. The smallest absolute Gasteiger partial charge is 0.404 e. The molecule has 1 aromatic heterocycles. The van der Waals surface area contributed by atoms with Crippen molar-refractivity contribution < 1.29 is 14.3 Å². The van der Waals surface area contributed by atoms with Crippen LogP contribution in [0.5, 0.6) is 0 Å². The van der Waals surface area contributed by atoms with Gasteiger partial charge in [-0.3, -0.25) is 4.79 Å². The van der Waals surface area contributed by atoms with E-state index >= 15 is 0 Å². The maximum Gasteiger partial charge on any atom is 0.404 e. The summed E-state index contributed by atoms with van der Waals surface area (Å²) in [7, 11) is 1.87. The molecule has 1 aliphatic carbocycles. The Hall–Kier alpha value is -2.58. The molecule has 4 N–H and O–H groups in total. The molecular formula is C16H24N6O3. The van der Waals surface area contributed by atoms with E-state index < -0.39 is 6.09 Å². The summed E-state index contributed by atoms with van der Waals surface area (Å²) in [5, 5.41) is 6.18. The quantitative estimate of drug-likeness (QED) is 0.748. The highest BCUT2D eigenvalue weighted by Gasteiger charge is 2.36. The minimum Gasteiger partial charge on any atom is -0.446 e. The van der Waals surface area contributed by atoms with Gasteiger partial charge in [0.25, 0.3) is 0 Å². The lowest BCUT2D eigenvalue weighted by atomic mass is 9.89. The predicted molar refractivity (Wildman–Crippen MR) is 93.5 cm³/mol. The Labute approximate surface area is 146 Å². The fourth-order valence-electron chi connectivity index (χ4n) is 3.41. The normalized spacial score (nSPS) is 25.1. The van der Waals surface area contributed by atoms with Crippen molar-refractivity contribution in [1.29, 1.82) is 0 Å². The number of ether oxygens (including phenoxy) is 1. The Morgan fingerprint density at radius 3 is 2.68 bits per heavy atom. The first-order valence-corrected chi connectivity index (χ1v) is 8.41. The van der Waals surface area contributed by atoms with Crippen molar-refractivity contribution in [1.82, 2.24) is 9.97 Å². The third-order valence-corrected chi connectivity index (χ3v) is 4.68. The molecule has 0 spiro atoms. The summed E-state index contributed by atoms with van der Waals surface area (Å²) in [6, 6.07) is -0.141. The van der Waals surface area contributed by atoms with Crippen LogP contribution in [0, 0.1) is 12.8 Å². The second-order valence-corrected chi connectivity index (χ2v) is 6.99. The fourth-order valence-corrected chi connectivity index (χ4v) is 3.41. The predicted octanol–water partition coefficient (Wildman–Crippen LogP) is 1.24. The van der Waals surface area contributed by atoms with Crippen LogP contribution >= 0.6 is 0 Å². The molecule has 1 aromatic rings. The van der Waals surface area contributed by atoms with Gasteiger partial charge in [0.1, 0.15) is 17.8 Å². The van der Waals surface area contributed by atoms with E-state index in [1.165, 1.54) is 0 Å². The molecule has 136 valence electrons. The SMILES string of the molecule is Cc1nc(NC2CC(OC(N)=O)C2)nc2c1NC(=O)[C@H](C(C)C)N2C. The number of rotatable bonds is 4. The Morgan fingerprint density at radius 2 is 2.08 bits per heavy atom. The molecule has 0 radical (unpaired) electrons. The lowest BCUT2D eigenvalue weighted by Crippen LogP contribution is -2.50.